The molecule has 4 nitrogen and oxygen atoms in total. The molecule has 0 aliphatic carbocycles. The molecule has 1 atom stereocenters. The molecule has 0 spiro atoms. The van der Waals surface area contributed by atoms with E-state index in [1.54, 1.807) is 11.3 Å². The maximum atomic E-state index is 13.0. The number of likely N-dealkylation sites (tertiary alicyclic amines) is 1. The molecule has 27 heavy (non-hydrogen) atoms. The molecule has 2 aromatic rings. The Balaban J connectivity index is 1.40. The molecule has 3 rings (SSSR count). The zero-order valence-corrected chi connectivity index (χ0v) is 16.9. The number of rotatable bonds is 6. The highest BCUT2D eigenvalue weighted by Gasteiger charge is 2.20. The van der Waals surface area contributed by atoms with E-state index in [0.717, 1.165) is 45.0 Å². The summed E-state index contributed by atoms with van der Waals surface area (Å²) in [6, 6.07) is 11.6. The van der Waals surface area contributed by atoms with Crippen LogP contribution in [0.4, 0.5) is 4.39 Å². The van der Waals surface area contributed by atoms with Crippen molar-refractivity contribution in [1.82, 2.24) is 15.5 Å². The van der Waals surface area contributed by atoms with Gasteiger partial charge in [-0.2, -0.15) is 0 Å². The van der Waals surface area contributed by atoms with Gasteiger partial charge in [0, 0.05) is 50.1 Å². The Morgan fingerprint density at radius 2 is 2.00 bits per heavy atom. The van der Waals surface area contributed by atoms with Gasteiger partial charge in [-0.15, -0.1) is 11.3 Å². The summed E-state index contributed by atoms with van der Waals surface area (Å²) < 4.78 is 13.0. The molecule has 1 fully saturated rings. The lowest BCUT2D eigenvalue weighted by Crippen LogP contribution is -2.49. The lowest BCUT2D eigenvalue weighted by atomic mass is 10.0. The maximum absolute atomic E-state index is 13.0. The third-order valence-electron chi connectivity index (χ3n) is 5.08. The maximum Gasteiger partial charge on any atom is 0.191 e. The van der Waals surface area contributed by atoms with Gasteiger partial charge >= 0.3 is 0 Å². The van der Waals surface area contributed by atoms with E-state index in [1.807, 2.05) is 19.2 Å². The number of nitrogens with one attached hydrogen (secondary N) is 2. The van der Waals surface area contributed by atoms with Crippen LogP contribution in [0.15, 0.2) is 46.8 Å². The molecule has 2 heterocycles. The second kappa shape index (κ2) is 9.85. The molecular weight excluding hydrogens is 359 g/mol. The van der Waals surface area contributed by atoms with E-state index in [-0.39, 0.29) is 5.82 Å². The summed E-state index contributed by atoms with van der Waals surface area (Å²) in [4.78, 5) is 8.21. The van der Waals surface area contributed by atoms with Crippen LogP contribution >= 0.6 is 11.3 Å². The Bertz CT molecular complexity index is 706. The summed E-state index contributed by atoms with van der Waals surface area (Å²) >= 11 is 1.80. The zero-order chi connectivity index (χ0) is 19.1. The smallest absolute Gasteiger partial charge is 0.191 e. The summed E-state index contributed by atoms with van der Waals surface area (Å²) in [5, 5.41) is 9.15. The first kappa shape index (κ1) is 19.8. The molecule has 6 heteroatoms. The molecule has 1 unspecified atom stereocenters. The molecule has 1 aliphatic heterocycles. The van der Waals surface area contributed by atoms with Crippen LogP contribution in [0.5, 0.6) is 0 Å². The minimum Gasteiger partial charge on any atom is -0.356 e. The van der Waals surface area contributed by atoms with Gasteiger partial charge in [-0.25, -0.2) is 4.39 Å². The van der Waals surface area contributed by atoms with E-state index < -0.39 is 0 Å². The van der Waals surface area contributed by atoms with Gasteiger partial charge in [-0.05, 0) is 42.0 Å². The number of thiophene rings is 1. The molecule has 0 bridgehead atoms. The van der Waals surface area contributed by atoms with Crippen molar-refractivity contribution < 1.29 is 4.39 Å². The van der Waals surface area contributed by atoms with Gasteiger partial charge in [-0.1, -0.05) is 25.1 Å². The average molecular weight is 389 g/mol. The van der Waals surface area contributed by atoms with Crippen molar-refractivity contribution >= 4 is 17.3 Å². The zero-order valence-electron chi connectivity index (χ0n) is 16.1. The van der Waals surface area contributed by atoms with Crippen LogP contribution in [0.3, 0.4) is 0 Å². The second-order valence-corrected chi connectivity index (χ2v) is 8.17. The molecule has 0 radical (unpaired) electrons. The second-order valence-electron chi connectivity index (χ2n) is 7.19. The standard InChI is InChI=1S/C21H29FN4S/c1-16(20-4-3-13-27-20)14-24-21(23-2)25-19-9-11-26(12-10-19)15-17-5-7-18(22)8-6-17/h3-8,13,16,19H,9-12,14-15H2,1-2H3,(H2,23,24,25). The number of benzene rings is 1. The van der Waals surface area contributed by atoms with Crippen LogP contribution in [-0.2, 0) is 6.54 Å². The summed E-state index contributed by atoms with van der Waals surface area (Å²) in [6.45, 7) is 6.08. The van der Waals surface area contributed by atoms with Crippen molar-refractivity contribution in [1.29, 1.82) is 0 Å². The predicted molar refractivity (Wildman–Crippen MR) is 112 cm³/mol. The Morgan fingerprint density at radius 3 is 2.63 bits per heavy atom. The van der Waals surface area contributed by atoms with E-state index in [9.17, 15) is 4.39 Å². The molecule has 146 valence electrons. The number of hydrogen-bond donors (Lipinski definition) is 2. The summed E-state index contributed by atoms with van der Waals surface area (Å²) in [5.41, 5.74) is 1.17. The molecule has 1 aromatic heterocycles. The number of hydrogen-bond acceptors (Lipinski definition) is 3. The number of aliphatic imine (C=N–C) groups is 1. The fourth-order valence-corrected chi connectivity index (χ4v) is 4.18. The van der Waals surface area contributed by atoms with E-state index in [0.29, 0.717) is 12.0 Å². The first-order valence-electron chi connectivity index (χ1n) is 9.61. The first-order chi connectivity index (χ1) is 13.1. The Hall–Kier alpha value is -1.92. The van der Waals surface area contributed by atoms with E-state index in [1.165, 1.54) is 22.6 Å². The topological polar surface area (TPSA) is 39.7 Å². The van der Waals surface area contributed by atoms with Crippen LogP contribution in [0.2, 0.25) is 0 Å². The molecule has 1 aromatic carbocycles. The lowest BCUT2D eigenvalue weighted by Gasteiger charge is -2.33. The van der Waals surface area contributed by atoms with E-state index in [2.05, 4.69) is 45.0 Å². The molecule has 2 N–H and O–H groups in total. The SMILES string of the molecule is CN=C(NCC(C)c1cccs1)NC1CCN(Cc2ccc(F)cc2)CC1. The minimum absolute atomic E-state index is 0.172. The highest BCUT2D eigenvalue weighted by atomic mass is 32.1. The lowest BCUT2D eigenvalue weighted by molar-refractivity contribution is 0.198. The van der Waals surface area contributed by atoms with Gasteiger partial charge < -0.3 is 10.6 Å². The largest absolute Gasteiger partial charge is 0.356 e. The van der Waals surface area contributed by atoms with Crippen LogP contribution in [0, 0.1) is 5.82 Å². The van der Waals surface area contributed by atoms with E-state index in [4.69, 9.17) is 0 Å². The summed E-state index contributed by atoms with van der Waals surface area (Å²) in [5.74, 6) is 1.19. The highest BCUT2D eigenvalue weighted by molar-refractivity contribution is 7.10. The monoisotopic (exact) mass is 388 g/mol. The van der Waals surface area contributed by atoms with Gasteiger partial charge in [0.2, 0.25) is 0 Å². The first-order valence-corrected chi connectivity index (χ1v) is 10.5. The van der Waals surface area contributed by atoms with Gasteiger partial charge in [0.05, 0.1) is 0 Å². The van der Waals surface area contributed by atoms with Gasteiger partial charge in [-0.3, -0.25) is 9.89 Å². The van der Waals surface area contributed by atoms with Crippen molar-refractivity contribution in [3.8, 4) is 0 Å². The van der Waals surface area contributed by atoms with Crippen LogP contribution in [0.1, 0.15) is 36.1 Å². The van der Waals surface area contributed by atoms with Crippen molar-refractivity contribution in [2.75, 3.05) is 26.7 Å². The van der Waals surface area contributed by atoms with Crippen LogP contribution < -0.4 is 10.6 Å². The number of halogens is 1. The van der Waals surface area contributed by atoms with Crippen molar-refractivity contribution in [2.45, 2.75) is 38.3 Å². The molecule has 0 amide bonds. The van der Waals surface area contributed by atoms with Crippen LogP contribution in [0.25, 0.3) is 0 Å². The summed E-state index contributed by atoms with van der Waals surface area (Å²) in [6.07, 6.45) is 2.17. The Labute approximate surface area is 165 Å². The quantitative estimate of drug-likeness (QED) is 0.584. The van der Waals surface area contributed by atoms with Crippen molar-refractivity contribution in [3.63, 3.8) is 0 Å². The Kier molecular flexibility index (Phi) is 7.24. The van der Waals surface area contributed by atoms with Crippen LogP contribution in [-0.4, -0.2) is 43.6 Å². The van der Waals surface area contributed by atoms with E-state index >= 15 is 0 Å². The molecule has 1 saturated heterocycles. The molecule has 0 saturated carbocycles. The predicted octanol–water partition coefficient (Wildman–Crippen LogP) is 3.82. The number of guanidine groups is 1. The third-order valence-corrected chi connectivity index (χ3v) is 6.18. The Morgan fingerprint density at radius 1 is 1.26 bits per heavy atom. The third kappa shape index (κ3) is 6.04. The van der Waals surface area contributed by atoms with Crippen molar-refractivity contribution in [2.24, 2.45) is 4.99 Å². The number of piperidine rings is 1. The van der Waals surface area contributed by atoms with Crippen molar-refractivity contribution in [3.05, 3.63) is 58.0 Å². The fourth-order valence-electron chi connectivity index (χ4n) is 3.39. The highest BCUT2D eigenvalue weighted by Crippen LogP contribution is 2.19. The van der Waals surface area contributed by atoms with Gasteiger partial charge in [0.1, 0.15) is 5.82 Å². The minimum atomic E-state index is -0.172. The number of nitrogens with zero attached hydrogens (tertiary/aromatic N) is 2. The normalized spacial score (nSPS) is 17.7. The summed E-state index contributed by atoms with van der Waals surface area (Å²) in [7, 11) is 1.83. The fraction of sp³-hybridized carbons (Fsp3) is 0.476. The average Bonchev–Trinajstić information content (AvgIpc) is 3.23. The van der Waals surface area contributed by atoms with Gasteiger partial charge in [0.25, 0.3) is 0 Å². The van der Waals surface area contributed by atoms with Gasteiger partial charge in [0.15, 0.2) is 5.96 Å². The molecule has 1 aliphatic rings. The molecular formula is C21H29FN4S.